The molecule has 0 aromatic rings. The first kappa shape index (κ1) is 8.02. The minimum Gasteiger partial charge on any atom is -0.318 e. The zero-order valence-corrected chi connectivity index (χ0v) is 7.28. The summed E-state index contributed by atoms with van der Waals surface area (Å²) in [6.45, 7) is 4.68. The summed E-state index contributed by atoms with van der Waals surface area (Å²) in [5.74, 6) is 0. The zero-order valence-electron chi connectivity index (χ0n) is 7.28. The molecule has 0 spiro atoms. The van der Waals surface area contributed by atoms with Crippen molar-refractivity contribution < 1.29 is 0 Å². The van der Waals surface area contributed by atoms with Crippen LogP contribution in [0.4, 0.5) is 0 Å². The maximum absolute atomic E-state index is 3.25. The summed E-state index contributed by atoms with van der Waals surface area (Å²) in [6.07, 6.45) is 2.63. The highest BCUT2D eigenvalue weighted by atomic mass is 15.2. The molecule has 1 aliphatic heterocycles. The summed E-state index contributed by atoms with van der Waals surface area (Å²) in [4.78, 5) is 2.45. The molecule has 10 heavy (non-hydrogen) atoms. The molecular formula is C8H18N2. The molecule has 2 heteroatoms. The van der Waals surface area contributed by atoms with Gasteiger partial charge in [-0.15, -0.1) is 0 Å². The van der Waals surface area contributed by atoms with Crippen LogP contribution in [0.15, 0.2) is 0 Å². The van der Waals surface area contributed by atoms with E-state index in [9.17, 15) is 0 Å². The number of nitrogens with zero attached hydrogens (tertiary/aromatic N) is 1. The molecule has 1 N–H and O–H groups in total. The Morgan fingerprint density at radius 2 is 2.30 bits per heavy atom. The second-order valence-electron chi connectivity index (χ2n) is 3.28. The van der Waals surface area contributed by atoms with Crippen LogP contribution in [-0.2, 0) is 0 Å². The molecule has 1 saturated heterocycles. The molecular weight excluding hydrogens is 124 g/mol. The van der Waals surface area contributed by atoms with Crippen LogP contribution >= 0.6 is 0 Å². The topological polar surface area (TPSA) is 15.3 Å². The number of rotatable bonds is 3. The van der Waals surface area contributed by atoms with Gasteiger partial charge in [-0.1, -0.05) is 6.92 Å². The van der Waals surface area contributed by atoms with E-state index in [1.165, 1.54) is 19.4 Å². The molecule has 0 radical (unpaired) electrons. The number of hydrogen-bond donors (Lipinski definition) is 1. The fourth-order valence-electron chi connectivity index (χ4n) is 1.78. The largest absolute Gasteiger partial charge is 0.318 e. The molecule has 0 amide bonds. The van der Waals surface area contributed by atoms with E-state index < -0.39 is 0 Å². The Kier molecular flexibility index (Phi) is 2.32. The first-order valence-electron chi connectivity index (χ1n) is 4.11. The zero-order chi connectivity index (χ0) is 7.61. The molecule has 0 saturated carbocycles. The summed E-state index contributed by atoms with van der Waals surface area (Å²) in [7, 11) is 4.24. The lowest BCUT2D eigenvalue weighted by Crippen LogP contribution is -2.61. The van der Waals surface area contributed by atoms with Crippen molar-refractivity contribution in [2.24, 2.45) is 0 Å². The lowest BCUT2D eigenvalue weighted by Gasteiger charge is -2.51. The van der Waals surface area contributed by atoms with Crippen molar-refractivity contribution >= 4 is 0 Å². The Balaban J connectivity index is 2.43. The average Bonchev–Trinajstić information content (AvgIpc) is 1.97. The van der Waals surface area contributed by atoms with Crippen LogP contribution in [0, 0.1) is 0 Å². The molecule has 0 aromatic carbocycles. The van der Waals surface area contributed by atoms with Crippen LogP contribution in [0.3, 0.4) is 0 Å². The van der Waals surface area contributed by atoms with E-state index in [0.29, 0.717) is 5.54 Å². The predicted octanol–water partition coefficient (Wildman–Crippen LogP) is 0.690. The van der Waals surface area contributed by atoms with Gasteiger partial charge in [-0.05, 0) is 26.9 Å². The van der Waals surface area contributed by atoms with Crippen molar-refractivity contribution in [3.8, 4) is 0 Å². The second-order valence-corrected chi connectivity index (χ2v) is 3.28. The van der Waals surface area contributed by atoms with Crippen LogP contribution in [0.1, 0.15) is 19.8 Å². The van der Waals surface area contributed by atoms with Gasteiger partial charge in [0, 0.05) is 18.6 Å². The van der Waals surface area contributed by atoms with Gasteiger partial charge in [-0.25, -0.2) is 0 Å². The third-order valence-electron chi connectivity index (χ3n) is 2.89. The van der Waals surface area contributed by atoms with E-state index in [4.69, 9.17) is 0 Å². The summed E-state index contributed by atoms with van der Waals surface area (Å²) in [5.41, 5.74) is 0.495. The lowest BCUT2D eigenvalue weighted by atomic mass is 9.83. The van der Waals surface area contributed by atoms with Gasteiger partial charge in [0.15, 0.2) is 0 Å². The van der Waals surface area contributed by atoms with Crippen LogP contribution < -0.4 is 5.32 Å². The van der Waals surface area contributed by atoms with E-state index in [1.54, 1.807) is 0 Å². The normalized spacial score (nSPS) is 33.9. The summed E-state index contributed by atoms with van der Waals surface area (Å²) in [5, 5.41) is 3.25. The van der Waals surface area contributed by atoms with Gasteiger partial charge in [0.2, 0.25) is 0 Å². The highest BCUT2D eigenvalue weighted by Crippen LogP contribution is 2.30. The van der Waals surface area contributed by atoms with Gasteiger partial charge in [0.1, 0.15) is 0 Å². The Morgan fingerprint density at radius 3 is 2.40 bits per heavy atom. The van der Waals surface area contributed by atoms with Crippen LogP contribution in [0.2, 0.25) is 0 Å². The molecule has 1 atom stereocenters. The van der Waals surface area contributed by atoms with E-state index in [2.05, 4.69) is 24.2 Å². The van der Waals surface area contributed by atoms with Gasteiger partial charge < -0.3 is 5.32 Å². The minimum absolute atomic E-state index is 0.495. The highest BCUT2D eigenvalue weighted by molar-refractivity contribution is 4.98. The standard InChI is InChI=1S/C8H18N2/c1-4-8(7-9-2)5-6-10(8)3/h9H,4-7H2,1-3H3. The summed E-state index contributed by atoms with van der Waals surface area (Å²) in [6, 6.07) is 0. The number of likely N-dealkylation sites (tertiary alicyclic amines) is 1. The van der Waals surface area contributed by atoms with Gasteiger partial charge in [0.25, 0.3) is 0 Å². The fraction of sp³-hybridized carbons (Fsp3) is 1.00. The molecule has 60 valence electrons. The van der Waals surface area contributed by atoms with Crippen molar-refractivity contribution in [3.63, 3.8) is 0 Å². The first-order valence-corrected chi connectivity index (χ1v) is 4.11. The number of nitrogens with one attached hydrogen (secondary N) is 1. The summed E-state index contributed by atoms with van der Waals surface area (Å²) >= 11 is 0. The van der Waals surface area contributed by atoms with Gasteiger partial charge in [-0.2, -0.15) is 0 Å². The van der Waals surface area contributed by atoms with Crippen molar-refractivity contribution in [1.82, 2.24) is 10.2 Å². The molecule has 0 aliphatic carbocycles. The minimum atomic E-state index is 0.495. The van der Waals surface area contributed by atoms with Gasteiger partial charge in [0.05, 0.1) is 0 Å². The maximum Gasteiger partial charge on any atom is 0.0340 e. The molecule has 1 rings (SSSR count). The molecule has 1 fully saturated rings. The van der Waals surface area contributed by atoms with Crippen LogP contribution in [0.5, 0.6) is 0 Å². The average molecular weight is 142 g/mol. The predicted molar refractivity (Wildman–Crippen MR) is 44.2 cm³/mol. The Labute approximate surface area is 63.6 Å². The number of likely N-dealkylation sites (N-methyl/N-ethyl adjacent to an activating group) is 2. The van der Waals surface area contributed by atoms with E-state index >= 15 is 0 Å². The smallest absolute Gasteiger partial charge is 0.0340 e. The molecule has 1 aliphatic rings. The second kappa shape index (κ2) is 2.89. The molecule has 1 unspecified atom stereocenters. The number of hydrogen-bond acceptors (Lipinski definition) is 2. The lowest BCUT2D eigenvalue weighted by molar-refractivity contribution is 0.00971. The van der Waals surface area contributed by atoms with Crippen molar-refractivity contribution in [2.45, 2.75) is 25.3 Å². The quantitative estimate of drug-likeness (QED) is 0.623. The van der Waals surface area contributed by atoms with Gasteiger partial charge >= 0.3 is 0 Å². The van der Waals surface area contributed by atoms with Crippen LogP contribution in [-0.4, -0.2) is 37.6 Å². The maximum atomic E-state index is 3.25. The van der Waals surface area contributed by atoms with E-state index in [-0.39, 0.29) is 0 Å². The first-order chi connectivity index (χ1) is 4.75. The Hall–Kier alpha value is -0.0800. The van der Waals surface area contributed by atoms with E-state index in [1.807, 2.05) is 7.05 Å². The molecule has 1 heterocycles. The molecule has 2 nitrogen and oxygen atoms in total. The van der Waals surface area contributed by atoms with Crippen molar-refractivity contribution in [2.75, 3.05) is 27.2 Å². The Morgan fingerprint density at radius 1 is 1.60 bits per heavy atom. The van der Waals surface area contributed by atoms with Gasteiger partial charge in [-0.3, -0.25) is 4.90 Å². The SMILES string of the molecule is CCC1(CNC)CCN1C. The van der Waals surface area contributed by atoms with Crippen molar-refractivity contribution in [3.05, 3.63) is 0 Å². The molecule has 0 bridgehead atoms. The molecule has 0 aromatic heterocycles. The van der Waals surface area contributed by atoms with Crippen molar-refractivity contribution in [1.29, 1.82) is 0 Å². The van der Waals surface area contributed by atoms with E-state index in [0.717, 1.165) is 6.54 Å². The summed E-state index contributed by atoms with van der Waals surface area (Å²) < 4.78 is 0. The fourth-order valence-corrected chi connectivity index (χ4v) is 1.78. The monoisotopic (exact) mass is 142 g/mol. The third-order valence-corrected chi connectivity index (χ3v) is 2.89. The Bertz CT molecular complexity index is 110. The highest BCUT2D eigenvalue weighted by Gasteiger charge is 2.39. The van der Waals surface area contributed by atoms with Crippen LogP contribution in [0.25, 0.3) is 0 Å². The third kappa shape index (κ3) is 1.06.